The highest BCUT2D eigenvalue weighted by Crippen LogP contribution is 2.18. The molecule has 0 amide bonds. The van der Waals surface area contributed by atoms with Crippen LogP contribution < -0.4 is 5.32 Å². The van der Waals surface area contributed by atoms with Gasteiger partial charge in [0, 0.05) is 32.1 Å². The first-order valence-corrected chi connectivity index (χ1v) is 10.2. The van der Waals surface area contributed by atoms with E-state index in [1.807, 2.05) is 24.3 Å². The molecule has 1 fully saturated rings. The predicted molar refractivity (Wildman–Crippen MR) is 115 cm³/mol. The van der Waals surface area contributed by atoms with Gasteiger partial charge in [-0.2, -0.15) is 4.52 Å². The predicted octanol–water partition coefficient (Wildman–Crippen LogP) is 3.11. The number of fused-ring (bicyclic) bond motifs is 1. The third kappa shape index (κ3) is 4.11. The summed E-state index contributed by atoms with van der Waals surface area (Å²) >= 11 is 0. The van der Waals surface area contributed by atoms with Crippen molar-refractivity contribution in [2.75, 3.05) is 18.4 Å². The summed E-state index contributed by atoms with van der Waals surface area (Å²) in [5.41, 5.74) is 3.13. The number of hydrogen-bond donors (Lipinski definition) is 2. The lowest BCUT2D eigenvalue weighted by molar-refractivity contribution is 0.328. The largest absolute Gasteiger partial charge is 0.508 e. The Morgan fingerprint density at radius 3 is 2.60 bits per heavy atom. The van der Waals surface area contributed by atoms with E-state index >= 15 is 0 Å². The van der Waals surface area contributed by atoms with Gasteiger partial charge in [-0.15, -0.1) is 15.3 Å². The number of aromatic hydroxyl groups is 1. The number of aromatic nitrogens is 4. The number of nitrogens with zero attached hydrogens (tertiary/aromatic N) is 5. The minimum Gasteiger partial charge on any atom is -0.508 e. The van der Waals surface area contributed by atoms with Crippen molar-refractivity contribution >= 4 is 11.5 Å². The maximum Gasteiger partial charge on any atom is 0.178 e. The lowest BCUT2D eigenvalue weighted by atomic mass is 10.1. The standard InChI is InChI=1S/C23H24N6O/c30-20-8-6-17(7-9-20)14-23-26-25-22-11-10-21(27-29(22)23)24-19-12-13-28(16-19)15-18-4-2-1-3-5-18/h1-11,19,30H,12-16H2,(H,24,27). The lowest BCUT2D eigenvalue weighted by Gasteiger charge is -2.17. The van der Waals surface area contributed by atoms with E-state index in [4.69, 9.17) is 5.10 Å². The summed E-state index contributed by atoms with van der Waals surface area (Å²) < 4.78 is 1.80. The summed E-state index contributed by atoms with van der Waals surface area (Å²) in [6.45, 7) is 3.05. The Morgan fingerprint density at radius 1 is 0.933 bits per heavy atom. The van der Waals surface area contributed by atoms with E-state index in [9.17, 15) is 5.11 Å². The van der Waals surface area contributed by atoms with Gasteiger partial charge in [-0.25, -0.2) is 0 Å². The molecule has 1 saturated heterocycles. The van der Waals surface area contributed by atoms with Crippen LogP contribution in [0.5, 0.6) is 5.75 Å². The van der Waals surface area contributed by atoms with E-state index in [1.165, 1.54) is 5.56 Å². The molecular formula is C23H24N6O. The topological polar surface area (TPSA) is 78.6 Å². The number of rotatable bonds is 6. The van der Waals surface area contributed by atoms with Crippen LogP contribution in [0.4, 0.5) is 5.82 Å². The van der Waals surface area contributed by atoms with Crippen LogP contribution in [0.25, 0.3) is 5.65 Å². The number of nitrogens with one attached hydrogen (secondary N) is 1. The Bertz CT molecular complexity index is 1130. The molecular weight excluding hydrogens is 376 g/mol. The molecule has 0 radical (unpaired) electrons. The van der Waals surface area contributed by atoms with Crippen LogP contribution >= 0.6 is 0 Å². The molecule has 2 N–H and O–H groups in total. The van der Waals surface area contributed by atoms with E-state index < -0.39 is 0 Å². The zero-order valence-electron chi connectivity index (χ0n) is 16.6. The van der Waals surface area contributed by atoms with Gasteiger partial charge < -0.3 is 10.4 Å². The summed E-state index contributed by atoms with van der Waals surface area (Å²) in [5.74, 6) is 1.87. The van der Waals surface area contributed by atoms with Gasteiger partial charge in [0.15, 0.2) is 11.5 Å². The van der Waals surface area contributed by atoms with Crippen molar-refractivity contribution < 1.29 is 5.11 Å². The smallest absolute Gasteiger partial charge is 0.178 e. The third-order valence-corrected chi connectivity index (χ3v) is 5.50. The molecule has 1 unspecified atom stereocenters. The first kappa shape index (κ1) is 18.6. The van der Waals surface area contributed by atoms with E-state index in [-0.39, 0.29) is 5.75 Å². The number of phenols is 1. The minimum absolute atomic E-state index is 0.257. The molecule has 0 bridgehead atoms. The van der Waals surface area contributed by atoms with Crippen molar-refractivity contribution in [2.45, 2.75) is 25.4 Å². The number of benzene rings is 2. The molecule has 1 atom stereocenters. The SMILES string of the molecule is Oc1ccc(Cc2nnc3ccc(NC4CCN(Cc5ccccc5)C4)nn23)cc1. The maximum atomic E-state index is 9.47. The van der Waals surface area contributed by atoms with Crippen molar-refractivity contribution in [3.8, 4) is 5.75 Å². The van der Waals surface area contributed by atoms with Crippen molar-refractivity contribution in [3.63, 3.8) is 0 Å². The number of phenolic OH excluding ortho intramolecular Hbond substituents is 1. The molecule has 5 rings (SSSR count). The van der Waals surface area contributed by atoms with E-state index in [0.717, 1.165) is 48.9 Å². The summed E-state index contributed by atoms with van der Waals surface area (Å²) in [5, 5.41) is 26.3. The van der Waals surface area contributed by atoms with Gasteiger partial charge in [0.05, 0.1) is 0 Å². The van der Waals surface area contributed by atoms with E-state index in [2.05, 4.69) is 50.7 Å². The van der Waals surface area contributed by atoms with Gasteiger partial charge in [-0.05, 0) is 41.8 Å². The molecule has 4 aromatic rings. The molecule has 1 aliphatic rings. The van der Waals surface area contributed by atoms with Gasteiger partial charge in [-0.3, -0.25) is 4.90 Å². The minimum atomic E-state index is 0.257. The average molecular weight is 400 g/mol. The molecule has 7 nitrogen and oxygen atoms in total. The Labute approximate surface area is 175 Å². The first-order valence-electron chi connectivity index (χ1n) is 10.2. The van der Waals surface area contributed by atoms with E-state index in [1.54, 1.807) is 16.6 Å². The van der Waals surface area contributed by atoms with Gasteiger partial charge in [0.25, 0.3) is 0 Å². The molecule has 2 aromatic carbocycles. The summed E-state index contributed by atoms with van der Waals surface area (Å²) in [6.07, 6.45) is 1.70. The molecule has 0 aliphatic carbocycles. The Kier molecular flexibility index (Phi) is 5.03. The van der Waals surface area contributed by atoms with Crippen molar-refractivity contribution in [3.05, 3.63) is 83.7 Å². The molecule has 1 aliphatic heterocycles. The summed E-state index contributed by atoms with van der Waals surface area (Å²) in [4.78, 5) is 2.47. The fraction of sp³-hybridized carbons (Fsp3) is 0.261. The second kappa shape index (κ2) is 8.12. The number of hydrogen-bond acceptors (Lipinski definition) is 6. The zero-order valence-corrected chi connectivity index (χ0v) is 16.6. The normalized spacial score (nSPS) is 16.9. The fourth-order valence-corrected chi connectivity index (χ4v) is 3.96. The second-order valence-electron chi connectivity index (χ2n) is 7.80. The zero-order chi connectivity index (χ0) is 20.3. The van der Waals surface area contributed by atoms with Crippen LogP contribution in [0.1, 0.15) is 23.4 Å². The van der Waals surface area contributed by atoms with Crippen LogP contribution in [-0.4, -0.2) is 48.9 Å². The Hall–Kier alpha value is -3.45. The van der Waals surface area contributed by atoms with E-state index in [0.29, 0.717) is 12.5 Å². The number of anilines is 1. The molecule has 0 saturated carbocycles. The van der Waals surface area contributed by atoms with Gasteiger partial charge in [0.1, 0.15) is 11.6 Å². The molecule has 30 heavy (non-hydrogen) atoms. The molecule has 7 heteroatoms. The highest BCUT2D eigenvalue weighted by Gasteiger charge is 2.23. The Morgan fingerprint density at radius 2 is 1.77 bits per heavy atom. The van der Waals surface area contributed by atoms with Crippen LogP contribution in [0, 0.1) is 0 Å². The van der Waals surface area contributed by atoms with Crippen molar-refractivity contribution in [2.24, 2.45) is 0 Å². The average Bonchev–Trinajstić information content (AvgIpc) is 3.37. The van der Waals surface area contributed by atoms with Crippen LogP contribution in [0.15, 0.2) is 66.7 Å². The number of likely N-dealkylation sites (tertiary alicyclic amines) is 1. The van der Waals surface area contributed by atoms with Crippen LogP contribution in [0.3, 0.4) is 0 Å². The van der Waals surface area contributed by atoms with Crippen LogP contribution in [-0.2, 0) is 13.0 Å². The highest BCUT2D eigenvalue weighted by atomic mass is 16.3. The van der Waals surface area contributed by atoms with Crippen molar-refractivity contribution in [1.82, 2.24) is 24.7 Å². The lowest BCUT2D eigenvalue weighted by Crippen LogP contribution is -2.26. The first-order chi connectivity index (χ1) is 14.7. The summed E-state index contributed by atoms with van der Waals surface area (Å²) in [6, 6.07) is 22.0. The molecule has 152 valence electrons. The second-order valence-corrected chi connectivity index (χ2v) is 7.80. The third-order valence-electron chi connectivity index (χ3n) is 5.50. The fourth-order valence-electron chi connectivity index (χ4n) is 3.96. The van der Waals surface area contributed by atoms with Gasteiger partial charge in [-0.1, -0.05) is 42.5 Å². The molecule has 2 aromatic heterocycles. The molecule has 3 heterocycles. The molecule has 0 spiro atoms. The highest BCUT2D eigenvalue weighted by molar-refractivity contribution is 5.45. The summed E-state index contributed by atoms with van der Waals surface area (Å²) in [7, 11) is 0. The van der Waals surface area contributed by atoms with Gasteiger partial charge >= 0.3 is 0 Å². The monoisotopic (exact) mass is 400 g/mol. The van der Waals surface area contributed by atoms with Crippen LogP contribution in [0.2, 0.25) is 0 Å². The van der Waals surface area contributed by atoms with Crippen molar-refractivity contribution in [1.29, 1.82) is 0 Å². The quantitative estimate of drug-likeness (QED) is 0.518. The van der Waals surface area contributed by atoms with Gasteiger partial charge in [0.2, 0.25) is 0 Å². The Balaban J connectivity index is 1.26. The maximum absolute atomic E-state index is 9.47.